The first-order chi connectivity index (χ1) is 12.9. The lowest BCUT2D eigenvalue weighted by Crippen LogP contribution is -2.35. The summed E-state index contributed by atoms with van der Waals surface area (Å²) in [5.74, 6) is -1.92. The smallest absolute Gasteiger partial charge is 0.295 e. The maximum absolute atomic E-state index is 12.8. The summed E-state index contributed by atoms with van der Waals surface area (Å²) in [5, 5.41) is 20.9. The number of rotatable bonds is 5. The van der Waals surface area contributed by atoms with E-state index < -0.39 is 17.7 Å². The number of aliphatic hydroxyl groups excluding tert-OH is 1. The van der Waals surface area contributed by atoms with Gasteiger partial charge >= 0.3 is 0 Å². The quantitative estimate of drug-likeness (QED) is 0.482. The van der Waals surface area contributed by atoms with E-state index in [1.165, 1.54) is 17.0 Å². The molecule has 3 rings (SSSR count). The number of aliphatic hydroxyl groups is 1. The Morgan fingerprint density at radius 2 is 1.67 bits per heavy atom. The molecule has 2 N–H and O–H groups in total. The molecular weight excluding hydrogens is 344 g/mol. The van der Waals surface area contributed by atoms with Crippen molar-refractivity contribution in [3.05, 3.63) is 71.3 Å². The number of carbonyl (C=O) groups is 2. The molecule has 2 aromatic carbocycles. The first-order valence-electron chi connectivity index (χ1n) is 8.68. The van der Waals surface area contributed by atoms with Crippen LogP contribution in [0.1, 0.15) is 17.2 Å². The van der Waals surface area contributed by atoms with Crippen LogP contribution in [0.25, 0.3) is 5.76 Å². The van der Waals surface area contributed by atoms with E-state index in [1.807, 2.05) is 49.3 Å². The number of phenols is 1. The third kappa shape index (κ3) is 3.57. The van der Waals surface area contributed by atoms with Crippen LogP contribution in [0.3, 0.4) is 0 Å². The Labute approximate surface area is 158 Å². The van der Waals surface area contributed by atoms with Gasteiger partial charge in [0.05, 0.1) is 17.2 Å². The molecule has 0 saturated carbocycles. The molecule has 27 heavy (non-hydrogen) atoms. The zero-order valence-corrected chi connectivity index (χ0v) is 15.3. The molecule has 140 valence electrons. The number of hydrogen-bond donors (Lipinski definition) is 2. The third-order valence-corrected chi connectivity index (χ3v) is 4.60. The van der Waals surface area contributed by atoms with E-state index in [0.717, 1.165) is 5.56 Å². The highest BCUT2D eigenvalue weighted by atomic mass is 16.3. The monoisotopic (exact) mass is 366 g/mol. The van der Waals surface area contributed by atoms with Crippen molar-refractivity contribution in [2.45, 2.75) is 6.04 Å². The molecule has 1 amide bonds. The summed E-state index contributed by atoms with van der Waals surface area (Å²) < 4.78 is 0. The fourth-order valence-electron chi connectivity index (χ4n) is 3.22. The number of aromatic hydroxyl groups is 1. The lowest BCUT2D eigenvalue weighted by atomic mass is 9.95. The number of likely N-dealkylation sites (N-methyl/N-ethyl adjacent to an activating group) is 1. The maximum Gasteiger partial charge on any atom is 0.295 e. The highest BCUT2D eigenvalue weighted by molar-refractivity contribution is 6.46. The summed E-state index contributed by atoms with van der Waals surface area (Å²) in [6.45, 7) is 0.918. The molecule has 0 unspecified atom stereocenters. The summed E-state index contributed by atoms with van der Waals surface area (Å²) >= 11 is 0. The van der Waals surface area contributed by atoms with Crippen molar-refractivity contribution in [2.75, 3.05) is 27.2 Å². The standard InChI is InChI=1S/C21H22N2O4/c1-22(2)12-13-23-18(14-8-4-3-5-9-14)17(20(26)21(23)27)19(25)15-10-6-7-11-16(15)24/h3-11,18,24-25H,12-13H2,1-2H3/t18-/m0/s1. The maximum atomic E-state index is 12.8. The van der Waals surface area contributed by atoms with Gasteiger partial charge in [0.1, 0.15) is 11.5 Å². The van der Waals surface area contributed by atoms with E-state index in [2.05, 4.69) is 0 Å². The molecule has 1 aliphatic heterocycles. The summed E-state index contributed by atoms with van der Waals surface area (Å²) in [4.78, 5) is 28.8. The van der Waals surface area contributed by atoms with Gasteiger partial charge in [-0.15, -0.1) is 0 Å². The molecule has 0 bridgehead atoms. The molecular formula is C21H22N2O4. The first kappa shape index (κ1) is 18.7. The molecule has 0 radical (unpaired) electrons. The lowest BCUT2D eigenvalue weighted by Gasteiger charge is -2.26. The van der Waals surface area contributed by atoms with Gasteiger partial charge in [-0.2, -0.15) is 0 Å². The average Bonchev–Trinajstić information content (AvgIpc) is 2.91. The van der Waals surface area contributed by atoms with E-state index in [0.29, 0.717) is 13.1 Å². The summed E-state index contributed by atoms with van der Waals surface area (Å²) in [6.07, 6.45) is 0. The molecule has 0 spiro atoms. The van der Waals surface area contributed by atoms with Gasteiger partial charge in [-0.3, -0.25) is 9.59 Å². The highest BCUT2D eigenvalue weighted by Crippen LogP contribution is 2.40. The van der Waals surface area contributed by atoms with Crippen molar-refractivity contribution in [1.29, 1.82) is 0 Å². The molecule has 0 aromatic heterocycles. The average molecular weight is 366 g/mol. The summed E-state index contributed by atoms with van der Waals surface area (Å²) in [7, 11) is 3.77. The number of likely N-dealkylation sites (tertiary alicyclic amines) is 1. The summed E-state index contributed by atoms with van der Waals surface area (Å²) in [5.41, 5.74) is 0.850. The van der Waals surface area contributed by atoms with Gasteiger partial charge in [0.25, 0.3) is 11.7 Å². The fourth-order valence-corrected chi connectivity index (χ4v) is 3.22. The van der Waals surface area contributed by atoms with Crippen molar-refractivity contribution in [1.82, 2.24) is 9.80 Å². The van der Waals surface area contributed by atoms with Gasteiger partial charge in [0.2, 0.25) is 0 Å². The Bertz CT molecular complexity index is 890. The second-order valence-corrected chi connectivity index (χ2v) is 6.72. The van der Waals surface area contributed by atoms with Crippen LogP contribution in [0.5, 0.6) is 5.75 Å². The van der Waals surface area contributed by atoms with Crippen LogP contribution in [0.15, 0.2) is 60.2 Å². The van der Waals surface area contributed by atoms with Crippen molar-refractivity contribution in [3.63, 3.8) is 0 Å². The molecule has 1 saturated heterocycles. The number of nitrogens with zero attached hydrogens (tertiary/aromatic N) is 2. The molecule has 1 atom stereocenters. The van der Waals surface area contributed by atoms with Crippen LogP contribution < -0.4 is 0 Å². The zero-order valence-electron chi connectivity index (χ0n) is 15.3. The topological polar surface area (TPSA) is 81.1 Å². The van der Waals surface area contributed by atoms with E-state index in [1.54, 1.807) is 12.1 Å². The normalized spacial score (nSPS) is 19.1. The minimum atomic E-state index is -0.747. The number of para-hydroxylation sites is 1. The van der Waals surface area contributed by atoms with Crippen LogP contribution in [-0.2, 0) is 9.59 Å². The van der Waals surface area contributed by atoms with Crippen molar-refractivity contribution in [2.24, 2.45) is 0 Å². The SMILES string of the molecule is CN(C)CCN1C(=O)C(=O)C(=C(O)c2ccccc2O)[C@@H]1c1ccccc1. The molecule has 6 nitrogen and oxygen atoms in total. The van der Waals surface area contributed by atoms with Crippen molar-refractivity contribution >= 4 is 17.4 Å². The highest BCUT2D eigenvalue weighted by Gasteiger charge is 2.46. The second-order valence-electron chi connectivity index (χ2n) is 6.72. The van der Waals surface area contributed by atoms with E-state index in [4.69, 9.17) is 0 Å². The van der Waals surface area contributed by atoms with Crippen molar-refractivity contribution in [3.8, 4) is 5.75 Å². The predicted molar refractivity (Wildman–Crippen MR) is 102 cm³/mol. The molecule has 6 heteroatoms. The summed E-state index contributed by atoms with van der Waals surface area (Å²) in [6, 6.07) is 14.6. The molecule has 1 aliphatic rings. The third-order valence-electron chi connectivity index (χ3n) is 4.60. The van der Waals surface area contributed by atoms with E-state index in [9.17, 15) is 19.8 Å². The number of Topliss-reactive ketones (excluding diaryl/α,β-unsaturated/α-hetero) is 1. The first-order valence-corrected chi connectivity index (χ1v) is 8.68. The Balaban J connectivity index is 2.15. The van der Waals surface area contributed by atoms with Crippen LogP contribution in [0, 0.1) is 0 Å². The van der Waals surface area contributed by atoms with Gasteiger partial charge < -0.3 is 20.0 Å². The minimum absolute atomic E-state index is 0.00791. The van der Waals surface area contributed by atoms with Gasteiger partial charge in [-0.25, -0.2) is 0 Å². The predicted octanol–water partition coefficient (Wildman–Crippen LogP) is 2.38. The van der Waals surface area contributed by atoms with Gasteiger partial charge in [-0.1, -0.05) is 42.5 Å². The number of hydrogen-bond acceptors (Lipinski definition) is 5. The number of phenolic OH excluding ortho intramolecular Hbond substituents is 1. The van der Waals surface area contributed by atoms with Crippen LogP contribution >= 0.6 is 0 Å². The zero-order chi connectivity index (χ0) is 19.6. The second kappa shape index (κ2) is 7.63. The Morgan fingerprint density at radius 1 is 1.04 bits per heavy atom. The van der Waals surface area contributed by atoms with Crippen LogP contribution in [-0.4, -0.2) is 58.9 Å². The van der Waals surface area contributed by atoms with Gasteiger partial charge in [0, 0.05) is 13.1 Å². The lowest BCUT2D eigenvalue weighted by molar-refractivity contribution is -0.140. The Morgan fingerprint density at radius 3 is 2.30 bits per heavy atom. The van der Waals surface area contributed by atoms with Gasteiger partial charge in [0.15, 0.2) is 0 Å². The minimum Gasteiger partial charge on any atom is -0.507 e. The van der Waals surface area contributed by atoms with E-state index >= 15 is 0 Å². The number of amides is 1. The molecule has 0 aliphatic carbocycles. The largest absolute Gasteiger partial charge is 0.507 e. The van der Waals surface area contributed by atoms with E-state index in [-0.39, 0.29) is 22.6 Å². The molecule has 1 heterocycles. The number of carbonyl (C=O) groups excluding carboxylic acids is 2. The number of ketones is 1. The Hall–Kier alpha value is -3.12. The fraction of sp³-hybridized carbons (Fsp3) is 0.238. The molecule has 2 aromatic rings. The van der Waals surface area contributed by atoms with Gasteiger partial charge in [-0.05, 0) is 31.8 Å². The van der Waals surface area contributed by atoms with Crippen molar-refractivity contribution < 1.29 is 19.8 Å². The number of benzene rings is 2. The van der Waals surface area contributed by atoms with Crippen LogP contribution in [0.2, 0.25) is 0 Å². The molecule has 1 fully saturated rings. The van der Waals surface area contributed by atoms with Crippen LogP contribution in [0.4, 0.5) is 0 Å². The Kier molecular flexibility index (Phi) is 5.28.